The van der Waals surface area contributed by atoms with Gasteiger partial charge in [0.2, 0.25) is 5.91 Å². The number of fused-ring (bicyclic) bond motifs is 1. The maximum atomic E-state index is 12.8. The van der Waals surface area contributed by atoms with Crippen LogP contribution in [0.3, 0.4) is 0 Å². The molecule has 0 radical (unpaired) electrons. The molecule has 4 rings (SSSR count). The largest absolute Gasteiger partial charge is 0.324 e. The van der Waals surface area contributed by atoms with E-state index in [-0.39, 0.29) is 18.0 Å². The number of carbonyl (C=O) groups excluding carboxylic acids is 1. The summed E-state index contributed by atoms with van der Waals surface area (Å²) >= 11 is 0. The molecule has 4 aromatic rings. The van der Waals surface area contributed by atoms with Crippen molar-refractivity contribution < 1.29 is 4.79 Å². The highest BCUT2D eigenvalue weighted by molar-refractivity contribution is 5.91. The molecule has 0 spiro atoms. The van der Waals surface area contributed by atoms with Crippen LogP contribution in [-0.2, 0) is 17.9 Å². The van der Waals surface area contributed by atoms with Crippen molar-refractivity contribution >= 4 is 22.8 Å². The van der Waals surface area contributed by atoms with Crippen molar-refractivity contribution in [1.29, 1.82) is 0 Å². The van der Waals surface area contributed by atoms with E-state index in [1.165, 1.54) is 16.5 Å². The zero-order chi connectivity index (χ0) is 21.3. The Morgan fingerprint density at radius 2 is 1.77 bits per heavy atom. The molecule has 0 bridgehead atoms. The highest BCUT2D eigenvalue weighted by atomic mass is 16.2. The molecule has 0 aliphatic rings. The Bertz CT molecular complexity index is 1290. The molecule has 0 saturated heterocycles. The second kappa shape index (κ2) is 7.90. The van der Waals surface area contributed by atoms with Gasteiger partial charge >= 0.3 is 0 Å². The van der Waals surface area contributed by atoms with Crippen LogP contribution in [0.4, 0.5) is 5.69 Å². The number of aryl methyl sites for hydroxylation is 3. The summed E-state index contributed by atoms with van der Waals surface area (Å²) in [7, 11) is 0. The number of amides is 1. The average molecular weight is 402 g/mol. The van der Waals surface area contributed by atoms with Gasteiger partial charge in [-0.15, -0.1) is 5.10 Å². The Balaban J connectivity index is 1.54. The Labute approximate surface area is 173 Å². The quantitative estimate of drug-likeness (QED) is 0.554. The molecule has 0 atom stereocenters. The molecule has 2 aromatic carbocycles. The lowest BCUT2D eigenvalue weighted by atomic mass is 10.1. The molecule has 2 heterocycles. The van der Waals surface area contributed by atoms with Crippen LogP contribution >= 0.6 is 0 Å². The molecule has 1 amide bonds. The van der Waals surface area contributed by atoms with E-state index in [1.807, 2.05) is 63.2 Å². The Kier molecular flexibility index (Phi) is 5.14. The summed E-state index contributed by atoms with van der Waals surface area (Å²) in [6, 6.07) is 13.8. The Hall–Kier alpha value is -3.81. The molecule has 8 nitrogen and oxygen atoms in total. The first kappa shape index (κ1) is 19.5. The van der Waals surface area contributed by atoms with Crippen LogP contribution < -0.4 is 10.9 Å². The summed E-state index contributed by atoms with van der Waals surface area (Å²) in [4.78, 5) is 29.5. The molecule has 0 saturated carbocycles. The van der Waals surface area contributed by atoms with Gasteiger partial charge in [-0.3, -0.25) is 14.2 Å². The van der Waals surface area contributed by atoms with E-state index in [9.17, 15) is 9.59 Å². The lowest BCUT2D eigenvalue weighted by Gasteiger charge is -2.10. The third-order valence-corrected chi connectivity index (χ3v) is 4.91. The van der Waals surface area contributed by atoms with Crippen molar-refractivity contribution in [2.45, 2.75) is 33.9 Å². The number of benzene rings is 2. The fraction of sp³-hybridized carbons (Fsp3) is 0.227. The second-order valence-electron chi connectivity index (χ2n) is 7.45. The van der Waals surface area contributed by atoms with E-state index in [2.05, 4.69) is 20.6 Å². The highest BCUT2D eigenvalue weighted by Gasteiger charge is 2.14. The van der Waals surface area contributed by atoms with Gasteiger partial charge in [-0.25, -0.2) is 9.67 Å². The van der Waals surface area contributed by atoms with Gasteiger partial charge in [0, 0.05) is 5.69 Å². The highest BCUT2D eigenvalue weighted by Crippen LogP contribution is 2.16. The zero-order valence-corrected chi connectivity index (χ0v) is 17.1. The molecule has 0 fully saturated rings. The van der Waals surface area contributed by atoms with Crippen LogP contribution in [0.2, 0.25) is 0 Å². The first-order chi connectivity index (χ1) is 14.4. The van der Waals surface area contributed by atoms with E-state index in [0.29, 0.717) is 12.2 Å². The first-order valence-electron chi connectivity index (χ1n) is 9.62. The Morgan fingerprint density at radius 1 is 1.03 bits per heavy atom. The molecule has 2 aromatic heterocycles. The number of rotatable bonds is 5. The van der Waals surface area contributed by atoms with Crippen LogP contribution in [0, 0.1) is 20.8 Å². The van der Waals surface area contributed by atoms with Gasteiger partial charge in [0.25, 0.3) is 5.56 Å². The van der Waals surface area contributed by atoms with Crippen molar-refractivity contribution in [1.82, 2.24) is 24.5 Å². The number of hydrogen-bond acceptors (Lipinski definition) is 5. The number of hydrogen-bond donors (Lipinski definition) is 1. The van der Waals surface area contributed by atoms with Gasteiger partial charge in [-0.05, 0) is 38.0 Å². The normalized spacial score (nSPS) is 11.0. The third-order valence-electron chi connectivity index (χ3n) is 4.91. The maximum absolute atomic E-state index is 12.8. The predicted octanol–water partition coefficient (Wildman–Crippen LogP) is 2.60. The lowest BCUT2D eigenvalue weighted by molar-refractivity contribution is -0.116. The molecule has 30 heavy (non-hydrogen) atoms. The first-order valence-corrected chi connectivity index (χ1v) is 9.62. The third kappa shape index (κ3) is 3.98. The molecular weight excluding hydrogens is 380 g/mol. The fourth-order valence-corrected chi connectivity index (χ4v) is 3.27. The summed E-state index contributed by atoms with van der Waals surface area (Å²) in [5.74, 6) is -0.308. The van der Waals surface area contributed by atoms with Gasteiger partial charge in [-0.1, -0.05) is 52.7 Å². The van der Waals surface area contributed by atoms with Crippen molar-refractivity contribution in [2.24, 2.45) is 0 Å². The van der Waals surface area contributed by atoms with E-state index in [1.54, 1.807) is 4.68 Å². The van der Waals surface area contributed by atoms with Crippen LogP contribution in [0.5, 0.6) is 0 Å². The topological polar surface area (TPSA) is 94.7 Å². The van der Waals surface area contributed by atoms with Gasteiger partial charge in [-0.2, -0.15) is 0 Å². The molecule has 0 unspecified atom stereocenters. The van der Waals surface area contributed by atoms with Crippen LogP contribution in [-0.4, -0.2) is 30.5 Å². The molecule has 152 valence electrons. The summed E-state index contributed by atoms with van der Waals surface area (Å²) in [6.07, 6.45) is 1.36. The molecule has 1 N–H and O–H groups in total. The summed E-state index contributed by atoms with van der Waals surface area (Å²) in [6.45, 7) is 6.25. The molecular formula is C22H22N6O2. The zero-order valence-electron chi connectivity index (χ0n) is 17.1. The van der Waals surface area contributed by atoms with Crippen LogP contribution in [0.1, 0.15) is 22.3 Å². The van der Waals surface area contributed by atoms with Crippen molar-refractivity contribution in [2.75, 3.05) is 5.32 Å². The monoisotopic (exact) mass is 402 g/mol. The molecule has 0 aliphatic carbocycles. The van der Waals surface area contributed by atoms with Crippen LogP contribution in [0.15, 0.2) is 53.6 Å². The van der Waals surface area contributed by atoms with E-state index < -0.39 is 5.56 Å². The fourth-order valence-electron chi connectivity index (χ4n) is 3.27. The van der Waals surface area contributed by atoms with Crippen molar-refractivity contribution in [3.63, 3.8) is 0 Å². The smallest absolute Gasteiger partial charge is 0.283 e. The predicted molar refractivity (Wildman–Crippen MR) is 114 cm³/mol. The number of nitrogens with zero attached hydrogens (tertiary/aromatic N) is 5. The average Bonchev–Trinajstić information content (AvgIpc) is 3.11. The number of carbonyl (C=O) groups is 1. The number of anilines is 1. The molecule has 8 heteroatoms. The minimum Gasteiger partial charge on any atom is -0.324 e. The van der Waals surface area contributed by atoms with Crippen LogP contribution in [0.25, 0.3) is 11.2 Å². The SMILES string of the molecule is Cc1ccc(Cn2nnc3c(=O)n(CC(=O)Nc4ccc(C)cc4C)cnc32)cc1. The summed E-state index contributed by atoms with van der Waals surface area (Å²) in [5.41, 5.74) is 5.14. The van der Waals surface area contributed by atoms with Gasteiger partial charge in [0.05, 0.1) is 6.54 Å². The van der Waals surface area contributed by atoms with Gasteiger partial charge < -0.3 is 5.32 Å². The van der Waals surface area contributed by atoms with Gasteiger partial charge in [0.15, 0.2) is 11.2 Å². The van der Waals surface area contributed by atoms with E-state index in [0.717, 1.165) is 22.4 Å². The minimum absolute atomic E-state index is 0.143. The standard InChI is InChI=1S/C22H22N6O2/c1-14-4-7-17(8-5-14)11-28-21-20(25-26-28)22(30)27(13-23-21)12-19(29)24-18-9-6-15(2)10-16(18)3/h4-10,13H,11-12H2,1-3H3,(H,24,29). The summed E-state index contributed by atoms with van der Waals surface area (Å²) in [5, 5.41) is 10.9. The lowest BCUT2D eigenvalue weighted by Crippen LogP contribution is -2.28. The second-order valence-corrected chi connectivity index (χ2v) is 7.45. The van der Waals surface area contributed by atoms with Gasteiger partial charge in [0.1, 0.15) is 12.9 Å². The molecule has 0 aliphatic heterocycles. The van der Waals surface area contributed by atoms with Crippen molar-refractivity contribution in [3.05, 3.63) is 81.4 Å². The van der Waals surface area contributed by atoms with E-state index >= 15 is 0 Å². The number of nitrogens with one attached hydrogen (secondary N) is 1. The maximum Gasteiger partial charge on any atom is 0.283 e. The van der Waals surface area contributed by atoms with Crippen molar-refractivity contribution in [3.8, 4) is 0 Å². The Morgan fingerprint density at radius 3 is 2.50 bits per heavy atom. The minimum atomic E-state index is -0.397. The summed E-state index contributed by atoms with van der Waals surface area (Å²) < 4.78 is 2.83. The number of aromatic nitrogens is 5. The van der Waals surface area contributed by atoms with E-state index in [4.69, 9.17) is 0 Å².